The van der Waals surface area contributed by atoms with E-state index in [0.717, 1.165) is 16.7 Å². The fourth-order valence-electron chi connectivity index (χ4n) is 3.09. The Hall–Kier alpha value is -3.86. The number of Topliss-reactive ketones (excluding diaryl/α,β-unsaturated/α-hetero) is 1. The first kappa shape index (κ1) is 19.5. The zero-order valence-electron chi connectivity index (χ0n) is 16.7. The van der Waals surface area contributed by atoms with Gasteiger partial charge >= 0.3 is 5.97 Å². The number of benzene rings is 3. The van der Waals surface area contributed by atoms with E-state index in [1.54, 1.807) is 36.4 Å². The number of allylic oxidation sites excluding steroid dienone is 1. The van der Waals surface area contributed by atoms with Gasteiger partial charge in [-0.1, -0.05) is 42.0 Å². The van der Waals surface area contributed by atoms with Crippen LogP contribution in [0.25, 0.3) is 6.08 Å². The van der Waals surface area contributed by atoms with Gasteiger partial charge in [0.1, 0.15) is 18.1 Å². The summed E-state index contributed by atoms with van der Waals surface area (Å²) in [5.41, 5.74) is 3.96. The van der Waals surface area contributed by atoms with E-state index in [4.69, 9.17) is 14.2 Å². The van der Waals surface area contributed by atoms with E-state index >= 15 is 0 Å². The number of carbonyl (C=O) groups is 2. The van der Waals surface area contributed by atoms with Crippen molar-refractivity contribution in [3.63, 3.8) is 0 Å². The molecule has 5 heteroatoms. The minimum Gasteiger partial charge on any atom is -0.489 e. The van der Waals surface area contributed by atoms with Gasteiger partial charge in [0.15, 0.2) is 5.76 Å². The Morgan fingerprint density at radius 3 is 2.43 bits per heavy atom. The Morgan fingerprint density at radius 2 is 1.73 bits per heavy atom. The van der Waals surface area contributed by atoms with Crippen LogP contribution < -0.4 is 9.47 Å². The van der Waals surface area contributed by atoms with Crippen molar-refractivity contribution in [2.45, 2.75) is 13.5 Å². The molecule has 0 spiro atoms. The minimum absolute atomic E-state index is 0.143. The largest absolute Gasteiger partial charge is 0.489 e. The van der Waals surface area contributed by atoms with Crippen LogP contribution in [0.15, 0.2) is 72.5 Å². The van der Waals surface area contributed by atoms with Gasteiger partial charge in [-0.3, -0.25) is 4.79 Å². The summed E-state index contributed by atoms with van der Waals surface area (Å²) in [7, 11) is 1.35. The van der Waals surface area contributed by atoms with Gasteiger partial charge in [0.2, 0.25) is 5.78 Å². The molecule has 3 aromatic rings. The van der Waals surface area contributed by atoms with Crippen LogP contribution in [-0.4, -0.2) is 18.9 Å². The number of methoxy groups -OCH3 is 1. The third kappa shape index (κ3) is 4.10. The van der Waals surface area contributed by atoms with Gasteiger partial charge in [-0.25, -0.2) is 4.79 Å². The highest BCUT2D eigenvalue weighted by Gasteiger charge is 2.27. The molecule has 0 saturated heterocycles. The Balaban J connectivity index is 1.45. The number of rotatable bonds is 5. The molecule has 0 amide bonds. The summed E-state index contributed by atoms with van der Waals surface area (Å²) in [5.74, 6) is 0.851. The van der Waals surface area contributed by atoms with Crippen molar-refractivity contribution in [1.82, 2.24) is 0 Å². The number of carbonyl (C=O) groups excluding carboxylic acids is 2. The Bertz CT molecular complexity index is 1130. The van der Waals surface area contributed by atoms with Crippen LogP contribution in [-0.2, 0) is 11.3 Å². The van der Waals surface area contributed by atoms with Gasteiger partial charge in [0, 0.05) is 6.07 Å². The molecule has 0 radical (unpaired) electrons. The third-order valence-corrected chi connectivity index (χ3v) is 4.80. The Kier molecular flexibility index (Phi) is 5.35. The van der Waals surface area contributed by atoms with E-state index in [2.05, 4.69) is 0 Å². The minimum atomic E-state index is -0.377. The summed E-state index contributed by atoms with van der Waals surface area (Å²) in [6.45, 7) is 2.33. The quantitative estimate of drug-likeness (QED) is 0.447. The van der Waals surface area contributed by atoms with E-state index in [1.807, 2.05) is 43.3 Å². The highest BCUT2D eigenvalue weighted by atomic mass is 16.5. The summed E-state index contributed by atoms with van der Waals surface area (Å²) >= 11 is 0. The molecule has 0 unspecified atom stereocenters. The molecule has 0 aliphatic carbocycles. The van der Waals surface area contributed by atoms with Crippen molar-refractivity contribution in [3.05, 3.63) is 100 Å². The van der Waals surface area contributed by atoms with E-state index in [1.165, 1.54) is 7.11 Å². The molecule has 1 aliphatic rings. The molecular formula is C25H20O5. The highest BCUT2D eigenvalue weighted by molar-refractivity contribution is 6.14. The second kappa shape index (κ2) is 8.25. The SMILES string of the molecule is COC(=O)c1ccc(COc2ccc3c(c2)O/C(=C\c2ccc(C)cc2)C3=O)cc1. The molecule has 0 saturated carbocycles. The van der Waals surface area contributed by atoms with Crippen LogP contribution in [0.5, 0.6) is 11.5 Å². The van der Waals surface area contributed by atoms with Crippen LogP contribution in [0.2, 0.25) is 0 Å². The number of fused-ring (bicyclic) bond motifs is 1. The van der Waals surface area contributed by atoms with Gasteiger partial charge in [0.25, 0.3) is 0 Å². The molecule has 1 aliphatic heterocycles. The summed E-state index contributed by atoms with van der Waals surface area (Å²) < 4.78 is 16.3. The summed E-state index contributed by atoms with van der Waals surface area (Å²) in [6.07, 6.45) is 1.74. The number of ketones is 1. The molecule has 150 valence electrons. The summed E-state index contributed by atoms with van der Waals surface area (Å²) in [4.78, 5) is 24.1. The second-order valence-electron chi connectivity index (χ2n) is 6.99. The van der Waals surface area contributed by atoms with E-state index in [0.29, 0.717) is 35.0 Å². The summed E-state index contributed by atoms with van der Waals surface area (Å²) in [5, 5.41) is 0. The average molecular weight is 400 g/mol. The Morgan fingerprint density at radius 1 is 1.00 bits per heavy atom. The first-order valence-corrected chi connectivity index (χ1v) is 9.48. The molecule has 0 N–H and O–H groups in total. The second-order valence-corrected chi connectivity index (χ2v) is 6.99. The Labute approximate surface area is 174 Å². The smallest absolute Gasteiger partial charge is 0.337 e. The maximum Gasteiger partial charge on any atom is 0.337 e. The average Bonchev–Trinajstić information content (AvgIpc) is 3.08. The van der Waals surface area contributed by atoms with Gasteiger partial charge in [-0.05, 0) is 48.4 Å². The summed E-state index contributed by atoms with van der Waals surface area (Å²) in [6, 6.07) is 20.0. The van der Waals surface area contributed by atoms with Crippen LogP contribution in [0.3, 0.4) is 0 Å². The topological polar surface area (TPSA) is 61.8 Å². The molecular weight excluding hydrogens is 380 g/mol. The lowest BCUT2D eigenvalue weighted by Crippen LogP contribution is -2.02. The van der Waals surface area contributed by atoms with Gasteiger partial charge in [-0.2, -0.15) is 0 Å². The fourth-order valence-corrected chi connectivity index (χ4v) is 3.09. The number of ether oxygens (including phenoxy) is 3. The van der Waals surface area contributed by atoms with Gasteiger partial charge in [-0.15, -0.1) is 0 Å². The molecule has 0 bridgehead atoms. The molecule has 30 heavy (non-hydrogen) atoms. The van der Waals surface area contributed by atoms with E-state index < -0.39 is 0 Å². The standard InChI is InChI=1S/C25H20O5/c1-16-3-5-17(6-4-16)13-23-24(26)21-12-11-20(14-22(21)30-23)29-15-18-7-9-19(10-8-18)25(27)28-2/h3-14H,15H2,1-2H3/b23-13-. The van der Waals surface area contributed by atoms with E-state index in [-0.39, 0.29) is 11.8 Å². The third-order valence-electron chi connectivity index (χ3n) is 4.80. The predicted octanol–water partition coefficient (Wildman–Crippen LogP) is 4.98. The normalized spacial score (nSPS) is 13.7. The lowest BCUT2D eigenvalue weighted by atomic mass is 10.1. The molecule has 3 aromatic carbocycles. The molecule has 4 rings (SSSR count). The molecule has 0 aromatic heterocycles. The van der Waals surface area contributed by atoms with Crippen molar-refractivity contribution in [2.24, 2.45) is 0 Å². The number of esters is 1. The van der Waals surface area contributed by atoms with Crippen molar-refractivity contribution in [2.75, 3.05) is 7.11 Å². The van der Waals surface area contributed by atoms with Gasteiger partial charge in [0.05, 0.1) is 18.2 Å². The highest BCUT2D eigenvalue weighted by Crippen LogP contribution is 2.35. The van der Waals surface area contributed by atoms with Crippen molar-refractivity contribution >= 4 is 17.8 Å². The first-order chi connectivity index (χ1) is 14.5. The van der Waals surface area contributed by atoms with Crippen LogP contribution in [0.1, 0.15) is 37.4 Å². The van der Waals surface area contributed by atoms with Crippen LogP contribution in [0.4, 0.5) is 0 Å². The monoisotopic (exact) mass is 400 g/mol. The van der Waals surface area contributed by atoms with Crippen molar-refractivity contribution in [3.8, 4) is 11.5 Å². The van der Waals surface area contributed by atoms with Crippen LogP contribution >= 0.6 is 0 Å². The molecule has 1 heterocycles. The lowest BCUT2D eigenvalue weighted by molar-refractivity contribution is 0.0600. The predicted molar refractivity (Wildman–Crippen MR) is 113 cm³/mol. The number of hydrogen-bond acceptors (Lipinski definition) is 5. The first-order valence-electron chi connectivity index (χ1n) is 9.48. The maximum absolute atomic E-state index is 12.6. The molecule has 5 nitrogen and oxygen atoms in total. The van der Waals surface area contributed by atoms with Gasteiger partial charge < -0.3 is 14.2 Å². The van der Waals surface area contributed by atoms with Crippen LogP contribution in [0, 0.1) is 6.92 Å². The fraction of sp³-hybridized carbons (Fsp3) is 0.120. The number of aryl methyl sites for hydroxylation is 1. The molecule has 0 fully saturated rings. The molecule has 0 atom stereocenters. The lowest BCUT2D eigenvalue weighted by Gasteiger charge is -2.08. The zero-order valence-corrected chi connectivity index (χ0v) is 16.7. The number of hydrogen-bond donors (Lipinski definition) is 0. The maximum atomic E-state index is 12.6. The van der Waals surface area contributed by atoms with Crippen molar-refractivity contribution in [1.29, 1.82) is 0 Å². The van der Waals surface area contributed by atoms with Crippen molar-refractivity contribution < 1.29 is 23.8 Å². The zero-order chi connectivity index (χ0) is 21.1. The van der Waals surface area contributed by atoms with E-state index in [9.17, 15) is 9.59 Å².